The number of hydrogen-bond donors (Lipinski definition) is 0. The molecule has 0 atom stereocenters. The van der Waals surface area contributed by atoms with Crippen LogP contribution >= 0.6 is 0 Å². The highest BCUT2D eigenvalue weighted by molar-refractivity contribution is 5.54. The molecule has 4 nitrogen and oxygen atoms in total. The van der Waals surface area contributed by atoms with Gasteiger partial charge in [0.2, 0.25) is 0 Å². The summed E-state index contributed by atoms with van der Waals surface area (Å²) in [6.45, 7) is 11.4. The molecule has 4 aromatic rings. The van der Waals surface area contributed by atoms with Crippen LogP contribution in [0.5, 0.6) is 23.0 Å². The fraction of sp³-hybridized carbons (Fsp3) is 0.400. The van der Waals surface area contributed by atoms with E-state index in [1.165, 1.54) is 44.5 Å². The zero-order valence-corrected chi connectivity index (χ0v) is 27.0. The van der Waals surface area contributed by atoms with E-state index in [-0.39, 0.29) is 0 Å². The summed E-state index contributed by atoms with van der Waals surface area (Å²) >= 11 is 0. The molecular formula is C40H48O4. The van der Waals surface area contributed by atoms with Crippen molar-refractivity contribution in [1.29, 1.82) is 0 Å². The molecule has 0 radical (unpaired) electrons. The van der Waals surface area contributed by atoms with Crippen LogP contribution < -0.4 is 18.9 Å². The van der Waals surface area contributed by atoms with Crippen LogP contribution in [0.3, 0.4) is 0 Å². The monoisotopic (exact) mass is 592 g/mol. The highest BCUT2D eigenvalue weighted by atomic mass is 16.5. The standard InChI is InChI=1S/C40H48O4/c1-5-15-41-37-25-33-21-29-11-9-13-31(19-29)23-35-27-38(42-16-6-2)28-36(40(35)44-18-8-4)24-32-14-10-12-30(20-32)22-34(26-37)39(33)43-17-7-3/h9-14,19-20,25-28H,5-8,15-18,21-24H2,1-4H3. The van der Waals surface area contributed by atoms with Crippen LogP contribution in [-0.2, 0) is 25.7 Å². The molecule has 0 saturated carbocycles. The minimum atomic E-state index is 0.687. The van der Waals surface area contributed by atoms with Gasteiger partial charge in [0.1, 0.15) is 23.0 Å². The summed E-state index contributed by atoms with van der Waals surface area (Å²) < 4.78 is 25.5. The Kier molecular flexibility index (Phi) is 11.2. The first-order valence-electron chi connectivity index (χ1n) is 16.6. The van der Waals surface area contributed by atoms with Gasteiger partial charge in [-0.25, -0.2) is 0 Å². The minimum Gasteiger partial charge on any atom is -0.494 e. The smallest absolute Gasteiger partial charge is 0.126 e. The lowest BCUT2D eigenvalue weighted by molar-refractivity contribution is 0.303. The van der Waals surface area contributed by atoms with Crippen LogP contribution in [0.15, 0.2) is 72.8 Å². The van der Waals surface area contributed by atoms with Crippen LogP contribution in [0, 0.1) is 0 Å². The van der Waals surface area contributed by atoms with Gasteiger partial charge >= 0.3 is 0 Å². The quantitative estimate of drug-likeness (QED) is 0.145. The van der Waals surface area contributed by atoms with E-state index in [4.69, 9.17) is 18.9 Å². The van der Waals surface area contributed by atoms with Crippen molar-refractivity contribution in [1.82, 2.24) is 0 Å². The Hall–Kier alpha value is -3.92. The van der Waals surface area contributed by atoms with E-state index in [0.717, 1.165) is 74.4 Å². The van der Waals surface area contributed by atoms with E-state index in [1.807, 2.05) is 0 Å². The molecule has 0 fully saturated rings. The van der Waals surface area contributed by atoms with Crippen molar-refractivity contribution < 1.29 is 18.9 Å². The Labute approximate surface area is 264 Å². The van der Waals surface area contributed by atoms with Gasteiger partial charge in [-0.2, -0.15) is 0 Å². The summed E-state index contributed by atoms with van der Waals surface area (Å²) in [6, 6.07) is 26.7. The molecule has 0 aliphatic heterocycles. The molecule has 0 heterocycles. The average molecular weight is 593 g/mol. The Morgan fingerprint density at radius 1 is 0.409 bits per heavy atom. The van der Waals surface area contributed by atoms with E-state index in [9.17, 15) is 0 Å². The van der Waals surface area contributed by atoms with Gasteiger partial charge in [0.05, 0.1) is 26.4 Å². The lowest BCUT2D eigenvalue weighted by Gasteiger charge is -2.21. The van der Waals surface area contributed by atoms with Crippen LogP contribution in [-0.4, -0.2) is 26.4 Å². The SMILES string of the molecule is CCCOc1cc2c(OCCC)c(c1)Cc1cccc(c1)Cc1cc(OCCC)cc(c1OCCC)Cc1cccc(c1)C2. The zero-order valence-electron chi connectivity index (χ0n) is 27.0. The van der Waals surface area contributed by atoms with Crippen molar-refractivity contribution in [3.05, 3.63) is 117 Å². The van der Waals surface area contributed by atoms with Crippen LogP contribution in [0.4, 0.5) is 0 Å². The molecule has 1 aliphatic rings. The molecular weight excluding hydrogens is 544 g/mol. The number of benzene rings is 4. The second kappa shape index (κ2) is 15.7. The fourth-order valence-corrected chi connectivity index (χ4v) is 5.93. The van der Waals surface area contributed by atoms with Gasteiger partial charge < -0.3 is 18.9 Å². The van der Waals surface area contributed by atoms with Crippen molar-refractivity contribution >= 4 is 0 Å². The van der Waals surface area contributed by atoms with Crippen molar-refractivity contribution in [2.75, 3.05) is 26.4 Å². The van der Waals surface area contributed by atoms with Crippen molar-refractivity contribution in [2.24, 2.45) is 0 Å². The molecule has 0 spiro atoms. The molecule has 0 amide bonds. The Balaban J connectivity index is 1.67. The number of hydrogen-bond acceptors (Lipinski definition) is 4. The lowest BCUT2D eigenvalue weighted by Crippen LogP contribution is -2.08. The van der Waals surface area contributed by atoms with Crippen molar-refractivity contribution in [3.8, 4) is 23.0 Å². The second-order valence-corrected chi connectivity index (χ2v) is 11.9. The first-order valence-corrected chi connectivity index (χ1v) is 16.6. The molecule has 0 N–H and O–H groups in total. The first kappa shape index (κ1) is 31.5. The van der Waals surface area contributed by atoms with Gasteiger partial charge in [-0.15, -0.1) is 0 Å². The van der Waals surface area contributed by atoms with Gasteiger partial charge in [-0.3, -0.25) is 0 Å². The summed E-state index contributed by atoms with van der Waals surface area (Å²) in [7, 11) is 0. The number of rotatable bonds is 12. The van der Waals surface area contributed by atoms with E-state index in [0.29, 0.717) is 26.4 Å². The van der Waals surface area contributed by atoms with Crippen molar-refractivity contribution in [2.45, 2.75) is 79.1 Å². The van der Waals surface area contributed by atoms with Gasteiger partial charge in [0.15, 0.2) is 0 Å². The molecule has 4 aromatic carbocycles. The molecule has 0 aromatic heterocycles. The summed E-state index contributed by atoms with van der Waals surface area (Å²) in [5.41, 5.74) is 9.71. The van der Waals surface area contributed by atoms with Crippen LogP contribution in [0.25, 0.3) is 0 Å². The summed E-state index contributed by atoms with van der Waals surface area (Å²) in [5.74, 6) is 3.83. The van der Waals surface area contributed by atoms with Gasteiger partial charge in [-0.05, 0) is 72.2 Å². The number of ether oxygens (including phenoxy) is 4. The van der Waals surface area contributed by atoms with E-state index >= 15 is 0 Å². The maximum atomic E-state index is 6.51. The minimum absolute atomic E-state index is 0.687. The summed E-state index contributed by atoms with van der Waals surface area (Å²) in [4.78, 5) is 0. The van der Waals surface area contributed by atoms with E-state index < -0.39 is 0 Å². The largest absolute Gasteiger partial charge is 0.494 e. The van der Waals surface area contributed by atoms with Crippen LogP contribution in [0.1, 0.15) is 97.9 Å². The molecule has 1 aliphatic carbocycles. The van der Waals surface area contributed by atoms with E-state index in [2.05, 4.69) is 100 Å². The highest BCUT2D eigenvalue weighted by Crippen LogP contribution is 2.37. The number of fused-ring (bicyclic) bond motifs is 8. The third-order valence-electron chi connectivity index (χ3n) is 7.84. The normalized spacial score (nSPS) is 12.5. The molecule has 8 bridgehead atoms. The van der Waals surface area contributed by atoms with Gasteiger partial charge in [-0.1, -0.05) is 76.2 Å². The molecule has 44 heavy (non-hydrogen) atoms. The zero-order chi connectivity index (χ0) is 30.7. The average Bonchev–Trinajstić information content (AvgIpc) is 3.02. The molecule has 0 saturated heterocycles. The molecule has 232 valence electrons. The molecule has 0 unspecified atom stereocenters. The second-order valence-electron chi connectivity index (χ2n) is 11.9. The Morgan fingerprint density at radius 3 is 1.00 bits per heavy atom. The predicted molar refractivity (Wildman–Crippen MR) is 180 cm³/mol. The predicted octanol–water partition coefficient (Wildman–Crippen LogP) is 9.52. The van der Waals surface area contributed by atoms with Crippen molar-refractivity contribution in [3.63, 3.8) is 0 Å². The van der Waals surface area contributed by atoms with Gasteiger partial charge in [0.25, 0.3) is 0 Å². The summed E-state index contributed by atoms with van der Waals surface area (Å²) in [5, 5.41) is 0. The van der Waals surface area contributed by atoms with E-state index in [1.54, 1.807) is 0 Å². The first-order chi connectivity index (χ1) is 21.6. The third-order valence-corrected chi connectivity index (χ3v) is 7.84. The fourth-order valence-electron chi connectivity index (χ4n) is 5.93. The summed E-state index contributed by atoms with van der Waals surface area (Å²) in [6.07, 6.45) is 6.95. The maximum absolute atomic E-state index is 6.51. The molecule has 5 rings (SSSR count). The van der Waals surface area contributed by atoms with Crippen LogP contribution in [0.2, 0.25) is 0 Å². The third kappa shape index (κ3) is 8.16. The Morgan fingerprint density at radius 2 is 0.705 bits per heavy atom. The highest BCUT2D eigenvalue weighted by Gasteiger charge is 2.19. The lowest BCUT2D eigenvalue weighted by atomic mass is 9.92. The Bertz CT molecular complexity index is 1320. The van der Waals surface area contributed by atoms with Gasteiger partial charge in [0, 0.05) is 47.9 Å². The maximum Gasteiger partial charge on any atom is 0.126 e. The topological polar surface area (TPSA) is 36.9 Å². The molecule has 4 heteroatoms.